The highest BCUT2D eigenvalue weighted by molar-refractivity contribution is 5.86. The Hall–Kier alpha value is -5.37. The van der Waals surface area contributed by atoms with E-state index < -0.39 is 45.7 Å². The molecule has 0 aromatic heterocycles. The van der Waals surface area contributed by atoms with Crippen molar-refractivity contribution in [2.24, 2.45) is 71.0 Å². The summed E-state index contributed by atoms with van der Waals surface area (Å²) in [5.41, 5.74) is -2.97. The van der Waals surface area contributed by atoms with Crippen molar-refractivity contribution >= 4 is 66.1 Å². The first-order valence-corrected chi connectivity index (χ1v) is 47.0. The lowest BCUT2D eigenvalue weighted by Crippen LogP contribution is -2.49. The number of likely N-dealkylation sites (tertiary alicyclic amines) is 4. The number of carbonyl (C=O) groups is 7. The fraction of sp³-hybridized carbons (Fsp3) is 0.888. The number of nitrogens with one attached hydrogen (secondary N) is 3. The predicted octanol–water partition coefficient (Wildman–Crippen LogP) is 14.0. The minimum Gasteiger partial charge on any atom is -0.444 e. The van der Waals surface area contributed by atoms with E-state index in [1.165, 1.54) is 0 Å². The third kappa shape index (κ3) is 27.9. The quantitative estimate of drug-likeness (QED) is 0.0670. The van der Waals surface area contributed by atoms with Gasteiger partial charge in [-0.1, -0.05) is 71.8 Å². The minimum atomic E-state index is -0.641. The van der Waals surface area contributed by atoms with Gasteiger partial charge >= 0.3 is 6.09 Å². The third-order valence-corrected chi connectivity index (χ3v) is 32.2. The molecule has 12 saturated carbocycles. The monoisotopic (exact) mass is 1820 g/mol. The highest BCUT2D eigenvalue weighted by Crippen LogP contribution is 2.56. The molecule has 8 N–H and O–H groups in total. The molecule has 1 spiro atoms. The van der Waals surface area contributed by atoms with Crippen LogP contribution in [0.5, 0.6) is 0 Å². The smallest absolute Gasteiger partial charge is 0.411 e. The number of amides is 5. The van der Waals surface area contributed by atoms with Crippen molar-refractivity contribution in [2.75, 3.05) is 65.6 Å². The Morgan fingerprint density at radius 2 is 0.638 bits per heavy atom. The number of aliphatic hydroxyl groups is 5. The zero-order chi connectivity index (χ0) is 86.3. The van der Waals surface area contributed by atoms with Crippen molar-refractivity contribution in [1.82, 2.24) is 40.4 Å². The van der Waals surface area contributed by atoms with Gasteiger partial charge in [0.2, 0.25) is 23.6 Å². The topological polar surface area (TPSA) is 396 Å². The summed E-state index contributed by atoms with van der Waals surface area (Å²) >= 11 is 0. The van der Waals surface area contributed by atoms with Crippen molar-refractivity contribution in [2.45, 2.75) is 418 Å². The SMILES string of the molecule is C.C.C.C.C.CCC1(O)C[C@H]2CC(=O)C[C@H]2C1.CCC1(O)C[C@H]2CC(N(CC(=O)N3CCC[C@H]3C#N)C(=O)OC(C)(C)C)C[C@H]2C1.CCC1(O)C[C@H]2CC(NCC(=O)N3CCC[C@H]3C#N)C[C@H]2C1.CCC1(O)C[C@H]2CC(NCC(=O)N3CCC[C@H]3C#N)C[C@H]2C1.CCC1(O)C[C@H]2CC(NCC(=O)N3CCC[C@H]3C#N)C[C@H]2C1.Cl.Cl.O=C1C[C@@H]2CC3(C[C@@H]2C1)OCCO3. The van der Waals surface area contributed by atoms with E-state index in [1.807, 2.05) is 34.6 Å². The van der Waals surface area contributed by atoms with Crippen molar-refractivity contribution in [3.63, 3.8) is 0 Å². The molecule has 27 nitrogen and oxygen atoms in total. The number of hydrogen-bond acceptors (Lipinski definition) is 22. The lowest BCUT2D eigenvalue weighted by Gasteiger charge is -2.33. The third-order valence-electron chi connectivity index (χ3n) is 32.2. The summed E-state index contributed by atoms with van der Waals surface area (Å²) in [6.45, 7) is 20.9. The molecule has 17 rings (SSSR count). The normalized spacial score (nSPS) is 37.6. The lowest BCUT2D eigenvalue weighted by atomic mass is 9.94. The van der Waals surface area contributed by atoms with Crippen LogP contribution >= 0.6 is 24.8 Å². The second-order valence-corrected chi connectivity index (χ2v) is 41.3. The maximum atomic E-state index is 13.0. The standard InChI is InChI=1S/C22H35N3O4.3C17H27N3O2.C10H14O3.C10H16O2.5CH4.2ClH/c1-5-22(28)11-15-9-18(10-16(15)12-22)25(20(27)29-21(2,3)4)14-19(26)24-8-6-7-17(24)13-23;3*1-2-17(22)8-12-6-14(7-13(12)9-17)19-11-16(21)20-5-3-4-15(20)10-18;11-9-3-7-5-10(6-8(7)4-9)12-1-2-13-10;1-2-10(12)5-7-3-9(11)4-8(7)6-10;;;;;;;/h15-18,28H,5-12,14H2,1-4H3;3*12-15,19,22H,2-9,11H2,1H3;7-8H,1-6H2;7-8,12H,2-6H2,1H3;5*1H4;2*1H/t15-,16+,17-,18?,22?;3*12-,13+,14?,15-,17?;7-,8+;7-,8+,10?;;;;;;;/m0000........./s1. The number of fused-ring (bicyclic) bond motifs is 6. The zero-order valence-corrected chi connectivity index (χ0v) is 76.1. The van der Waals surface area contributed by atoms with Crippen LogP contribution in [0.15, 0.2) is 0 Å². The summed E-state index contributed by atoms with van der Waals surface area (Å²) in [5.74, 6) is 7.06. The molecule has 5 saturated heterocycles. The van der Waals surface area contributed by atoms with E-state index >= 15 is 0 Å². The Balaban J connectivity index is 0.000000272. The number of nitrogens with zero attached hydrogens (tertiary/aromatic N) is 9. The number of carbonyl (C=O) groups excluding carboxylic acids is 7. The number of ether oxygens (including phenoxy) is 3. The molecule has 0 radical (unpaired) electrons. The van der Waals surface area contributed by atoms with E-state index in [1.54, 1.807) is 24.5 Å². The van der Waals surface area contributed by atoms with E-state index in [0.29, 0.717) is 133 Å². The molecule has 17 aliphatic rings. The molecule has 17 fully saturated rings. The molecule has 5 heterocycles. The summed E-state index contributed by atoms with van der Waals surface area (Å²) in [6, 6.07) is 8.90. The van der Waals surface area contributed by atoms with Gasteiger partial charge in [-0.15, -0.1) is 24.8 Å². The summed E-state index contributed by atoms with van der Waals surface area (Å²) in [6.07, 6.45) is 32.1. The molecule has 127 heavy (non-hydrogen) atoms. The molecule has 29 heteroatoms. The van der Waals surface area contributed by atoms with Crippen LogP contribution in [0.1, 0.15) is 330 Å². The van der Waals surface area contributed by atoms with Gasteiger partial charge in [-0.05, 0) is 291 Å². The van der Waals surface area contributed by atoms with E-state index in [0.717, 1.165) is 264 Å². The van der Waals surface area contributed by atoms with Crippen LogP contribution < -0.4 is 16.0 Å². The van der Waals surface area contributed by atoms with Gasteiger partial charge in [0, 0.05) is 88.9 Å². The van der Waals surface area contributed by atoms with Crippen molar-refractivity contribution < 1.29 is 73.3 Å². The van der Waals surface area contributed by atoms with Crippen molar-refractivity contribution in [1.29, 1.82) is 21.0 Å². The largest absolute Gasteiger partial charge is 0.444 e. The first-order chi connectivity index (χ1) is 57.1. The first kappa shape index (κ1) is 112. The van der Waals surface area contributed by atoms with Crippen LogP contribution in [-0.4, -0.2) is 245 Å². The molecule has 0 aromatic rings. The molecule has 0 bridgehead atoms. The van der Waals surface area contributed by atoms with Crippen LogP contribution in [0.4, 0.5) is 4.79 Å². The fourth-order valence-electron chi connectivity index (χ4n) is 25.6. The zero-order valence-electron chi connectivity index (χ0n) is 74.4. The van der Waals surface area contributed by atoms with Gasteiger partial charge in [-0.3, -0.25) is 33.7 Å². The van der Waals surface area contributed by atoms with Gasteiger partial charge in [0.05, 0.1) is 85.1 Å². The van der Waals surface area contributed by atoms with Gasteiger partial charge < -0.3 is 75.3 Å². The number of ketones is 2. The fourth-order valence-corrected chi connectivity index (χ4v) is 25.6. The predicted molar refractivity (Wildman–Crippen MR) is 495 cm³/mol. The second-order valence-electron chi connectivity index (χ2n) is 41.3. The van der Waals surface area contributed by atoms with Crippen LogP contribution in [0.3, 0.4) is 0 Å². The lowest BCUT2D eigenvalue weighted by molar-refractivity contribution is -0.156. The van der Waals surface area contributed by atoms with Gasteiger partial charge in [0.25, 0.3) is 0 Å². The maximum absolute atomic E-state index is 13.0. The summed E-state index contributed by atoms with van der Waals surface area (Å²) in [7, 11) is 0. The molecule has 9 unspecified atom stereocenters. The van der Waals surface area contributed by atoms with Gasteiger partial charge in [-0.2, -0.15) is 21.0 Å². The summed E-state index contributed by atoms with van der Waals surface area (Å²) in [4.78, 5) is 93.2. The number of Topliss-reactive ketones (excluding diaryl/α,β-unsaturated/α-hetero) is 2. The van der Waals surface area contributed by atoms with E-state index in [4.69, 9.17) is 30.0 Å². The highest BCUT2D eigenvalue weighted by Gasteiger charge is 2.56. The number of hydrogen-bond donors (Lipinski definition) is 8. The molecule has 5 aliphatic heterocycles. The average molecular weight is 1830 g/mol. The molecule has 12 aliphatic carbocycles. The number of rotatable bonds is 17. The van der Waals surface area contributed by atoms with E-state index in [2.05, 4.69) is 61.0 Å². The molecular formula is C98H168Cl2N12O15. The van der Waals surface area contributed by atoms with E-state index in [9.17, 15) is 64.4 Å². The van der Waals surface area contributed by atoms with E-state index in [-0.39, 0.29) is 122 Å². The molecule has 724 valence electrons. The average Bonchev–Trinajstić information content (AvgIpc) is 1.73. The Bertz CT molecular complexity index is 3470. The first-order valence-electron chi connectivity index (χ1n) is 47.0. The molecular weight excluding hydrogens is 1660 g/mol. The van der Waals surface area contributed by atoms with Gasteiger partial charge in [-0.25, -0.2) is 4.79 Å². The molecule has 0 aromatic carbocycles. The van der Waals surface area contributed by atoms with Gasteiger partial charge in [0.15, 0.2) is 5.79 Å². The van der Waals surface area contributed by atoms with Crippen LogP contribution in [0, 0.1) is 116 Å². The Labute approximate surface area is 775 Å². The second kappa shape index (κ2) is 48.0. The Morgan fingerprint density at radius 1 is 0.402 bits per heavy atom. The molecule has 25 atom stereocenters. The Morgan fingerprint density at radius 3 is 0.882 bits per heavy atom. The van der Waals surface area contributed by atoms with Crippen molar-refractivity contribution in [3.05, 3.63) is 0 Å². The minimum absolute atomic E-state index is 0. The highest BCUT2D eigenvalue weighted by atomic mass is 35.5. The van der Waals surface area contributed by atoms with Gasteiger partial charge in [0.1, 0.15) is 47.9 Å². The van der Waals surface area contributed by atoms with Crippen LogP contribution in [-0.2, 0) is 43.0 Å². The van der Waals surface area contributed by atoms with Crippen LogP contribution in [0.2, 0.25) is 0 Å². The summed E-state index contributed by atoms with van der Waals surface area (Å²) in [5, 5.41) is 98.5. The number of nitriles is 4. The number of halogens is 2. The summed E-state index contributed by atoms with van der Waals surface area (Å²) < 4.78 is 16.9. The Kier molecular flexibility index (Phi) is 42.4. The van der Waals surface area contributed by atoms with Crippen LogP contribution in [0.25, 0.3) is 0 Å². The van der Waals surface area contributed by atoms with Crippen molar-refractivity contribution in [3.8, 4) is 24.3 Å². The maximum Gasteiger partial charge on any atom is 0.411 e. The molecule has 5 amide bonds.